The molecule has 0 bridgehead atoms. The van der Waals surface area contributed by atoms with Gasteiger partial charge in [-0.15, -0.1) is 0 Å². The second kappa shape index (κ2) is 11.0. The zero-order chi connectivity index (χ0) is 23.8. The van der Waals surface area contributed by atoms with Crippen LogP contribution in [0.1, 0.15) is 21.6 Å². The fourth-order valence-electron chi connectivity index (χ4n) is 3.57. The van der Waals surface area contributed by atoms with Crippen LogP contribution in [0.4, 0.5) is 11.4 Å². The number of hydrogen-bond acceptors (Lipinski definition) is 6. The summed E-state index contributed by atoms with van der Waals surface area (Å²) in [5.74, 6) is 0.239. The summed E-state index contributed by atoms with van der Waals surface area (Å²) < 4.78 is 11.6. The Hall–Kier alpha value is -4.39. The van der Waals surface area contributed by atoms with E-state index < -0.39 is 5.97 Å². The summed E-state index contributed by atoms with van der Waals surface area (Å²) in [6.07, 6.45) is 5.94. The standard InChI is InChI=1S/C27H25N3O4/c1-33-25-11-10-24(17-26(25)34-15-12-22-8-2-3-14-29-22)30(19-20-6-5-13-28-18-20)23-9-4-7-21(16-23)27(31)32/h2-11,13-14,16-18H,12,15,19H2,1H3,(H,31,32). The van der Waals surface area contributed by atoms with Crippen LogP contribution >= 0.6 is 0 Å². The molecule has 7 heteroatoms. The maximum absolute atomic E-state index is 11.6. The number of carboxylic acid groups (broad SMARTS) is 1. The SMILES string of the molecule is COc1ccc(N(Cc2cccnc2)c2cccc(C(=O)O)c2)cc1OCCc1ccccn1. The number of rotatable bonds is 10. The first-order valence-electron chi connectivity index (χ1n) is 10.8. The van der Waals surface area contributed by atoms with Crippen LogP contribution in [0.25, 0.3) is 0 Å². The first-order chi connectivity index (χ1) is 16.6. The predicted molar refractivity (Wildman–Crippen MR) is 130 cm³/mol. The smallest absolute Gasteiger partial charge is 0.335 e. The summed E-state index contributed by atoms with van der Waals surface area (Å²) in [6, 6.07) is 22.2. The molecule has 0 aliphatic carbocycles. The Labute approximate surface area is 198 Å². The molecule has 172 valence electrons. The Morgan fingerprint density at radius 1 is 0.941 bits per heavy atom. The van der Waals surface area contributed by atoms with Crippen molar-refractivity contribution in [3.8, 4) is 11.5 Å². The fourth-order valence-corrected chi connectivity index (χ4v) is 3.57. The molecule has 0 fully saturated rings. The van der Waals surface area contributed by atoms with Crippen LogP contribution in [-0.4, -0.2) is 34.8 Å². The molecule has 0 aliphatic rings. The molecule has 0 unspecified atom stereocenters. The quantitative estimate of drug-likeness (QED) is 0.354. The number of methoxy groups -OCH3 is 1. The molecule has 1 N–H and O–H groups in total. The summed E-state index contributed by atoms with van der Waals surface area (Å²) >= 11 is 0. The monoisotopic (exact) mass is 455 g/mol. The van der Waals surface area contributed by atoms with E-state index in [0.29, 0.717) is 31.1 Å². The van der Waals surface area contributed by atoms with Crippen molar-refractivity contribution in [1.82, 2.24) is 9.97 Å². The van der Waals surface area contributed by atoms with Crippen LogP contribution in [0.3, 0.4) is 0 Å². The molecular weight excluding hydrogens is 430 g/mol. The number of anilines is 2. The van der Waals surface area contributed by atoms with Crippen molar-refractivity contribution in [2.45, 2.75) is 13.0 Å². The van der Waals surface area contributed by atoms with Crippen LogP contribution in [0, 0.1) is 0 Å². The van der Waals surface area contributed by atoms with Gasteiger partial charge in [-0.1, -0.05) is 18.2 Å². The highest BCUT2D eigenvalue weighted by Gasteiger charge is 2.16. The first kappa shape index (κ1) is 22.8. The van der Waals surface area contributed by atoms with Crippen LogP contribution in [0.15, 0.2) is 91.4 Å². The van der Waals surface area contributed by atoms with E-state index in [9.17, 15) is 9.90 Å². The first-order valence-corrected chi connectivity index (χ1v) is 10.8. The minimum Gasteiger partial charge on any atom is -0.493 e. The summed E-state index contributed by atoms with van der Waals surface area (Å²) in [4.78, 5) is 22.1. The van der Waals surface area contributed by atoms with Crippen molar-refractivity contribution in [1.29, 1.82) is 0 Å². The number of pyridine rings is 2. The number of benzene rings is 2. The van der Waals surface area contributed by atoms with Gasteiger partial charge in [0.1, 0.15) is 0 Å². The molecule has 2 aromatic carbocycles. The largest absolute Gasteiger partial charge is 0.493 e. The number of nitrogens with zero attached hydrogens (tertiary/aromatic N) is 3. The molecule has 7 nitrogen and oxygen atoms in total. The maximum Gasteiger partial charge on any atom is 0.335 e. The number of hydrogen-bond donors (Lipinski definition) is 1. The molecule has 0 spiro atoms. The van der Waals surface area contributed by atoms with Gasteiger partial charge in [-0.2, -0.15) is 0 Å². The minimum atomic E-state index is -0.976. The molecular formula is C27H25N3O4. The minimum absolute atomic E-state index is 0.217. The summed E-state index contributed by atoms with van der Waals surface area (Å²) in [5.41, 5.74) is 3.72. The average Bonchev–Trinajstić information content (AvgIpc) is 2.88. The Kier molecular flexibility index (Phi) is 7.35. The number of carbonyl (C=O) groups is 1. The van der Waals surface area contributed by atoms with E-state index in [0.717, 1.165) is 22.6 Å². The number of aromatic carboxylic acids is 1. The van der Waals surface area contributed by atoms with Gasteiger partial charge in [0.2, 0.25) is 0 Å². The van der Waals surface area contributed by atoms with Crippen LogP contribution < -0.4 is 14.4 Å². The molecule has 2 heterocycles. The zero-order valence-electron chi connectivity index (χ0n) is 18.8. The predicted octanol–water partition coefficient (Wildman–Crippen LogP) is 5.14. The van der Waals surface area contributed by atoms with E-state index >= 15 is 0 Å². The van der Waals surface area contributed by atoms with Crippen LogP contribution in [-0.2, 0) is 13.0 Å². The highest BCUT2D eigenvalue weighted by molar-refractivity contribution is 5.89. The topological polar surface area (TPSA) is 84.8 Å². The summed E-state index contributed by atoms with van der Waals surface area (Å²) in [5, 5.41) is 9.48. The van der Waals surface area contributed by atoms with Gasteiger partial charge in [-0.05, 0) is 54.1 Å². The lowest BCUT2D eigenvalue weighted by Gasteiger charge is -2.26. The number of carboxylic acids is 1. The normalized spacial score (nSPS) is 10.5. The second-order valence-electron chi connectivity index (χ2n) is 7.56. The lowest BCUT2D eigenvalue weighted by atomic mass is 10.1. The average molecular weight is 456 g/mol. The third-order valence-electron chi connectivity index (χ3n) is 5.27. The molecule has 0 aliphatic heterocycles. The Morgan fingerprint density at radius 2 is 1.82 bits per heavy atom. The number of aromatic nitrogens is 2. The van der Waals surface area contributed by atoms with E-state index in [1.54, 1.807) is 43.9 Å². The van der Waals surface area contributed by atoms with Gasteiger partial charge >= 0.3 is 5.97 Å². The molecule has 34 heavy (non-hydrogen) atoms. The van der Waals surface area contributed by atoms with Crippen molar-refractivity contribution in [3.05, 3.63) is 108 Å². The third kappa shape index (κ3) is 5.69. The second-order valence-corrected chi connectivity index (χ2v) is 7.56. The van der Waals surface area contributed by atoms with Gasteiger partial charge in [-0.3, -0.25) is 9.97 Å². The van der Waals surface area contributed by atoms with Crippen molar-refractivity contribution < 1.29 is 19.4 Å². The van der Waals surface area contributed by atoms with Crippen LogP contribution in [0.2, 0.25) is 0 Å². The van der Waals surface area contributed by atoms with Gasteiger partial charge in [0.05, 0.1) is 19.3 Å². The molecule has 0 saturated carbocycles. The Balaban J connectivity index is 1.65. The van der Waals surface area contributed by atoms with Crippen molar-refractivity contribution in [2.24, 2.45) is 0 Å². The van der Waals surface area contributed by atoms with E-state index in [1.165, 1.54) is 0 Å². The Morgan fingerprint density at radius 3 is 2.56 bits per heavy atom. The summed E-state index contributed by atoms with van der Waals surface area (Å²) in [6.45, 7) is 0.935. The molecule has 0 radical (unpaired) electrons. The lowest BCUT2D eigenvalue weighted by Crippen LogP contribution is -2.17. The lowest BCUT2D eigenvalue weighted by molar-refractivity contribution is 0.0697. The molecule has 2 aromatic heterocycles. The van der Waals surface area contributed by atoms with Crippen molar-refractivity contribution in [3.63, 3.8) is 0 Å². The van der Waals surface area contributed by atoms with Gasteiger partial charge in [0.15, 0.2) is 11.5 Å². The van der Waals surface area contributed by atoms with E-state index in [4.69, 9.17) is 9.47 Å². The zero-order valence-corrected chi connectivity index (χ0v) is 18.8. The molecule has 0 saturated heterocycles. The third-order valence-corrected chi connectivity index (χ3v) is 5.27. The fraction of sp³-hybridized carbons (Fsp3) is 0.148. The molecule has 4 aromatic rings. The molecule has 0 amide bonds. The highest BCUT2D eigenvalue weighted by Crippen LogP contribution is 2.36. The summed E-state index contributed by atoms with van der Waals surface area (Å²) in [7, 11) is 1.60. The van der Waals surface area contributed by atoms with E-state index in [-0.39, 0.29) is 5.56 Å². The van der Waals surface area contributed by atoms with Gasteiger partial charge < -0.3 is 19.5 Å². The van der Waals surface area contributed by atoms with Gasteiger partial charge in [-0.25, -0.2) is 4.79 Å². The highest BCUT2D eigenvalue weighted by atomic mass is 16.5. The van der Waals surface area contributed by atoms with E-state index in [2.05, 4.69) is 9.97 Å². The van der Waals surface area contributed by atoms with Gasteiger partial charge in [0.25, 0.3) is 0 Å². The van der Waals surface area contributed by atoms with Crippen molar-refractivity contribution >= 4 is 17.3 Å². The Bertz CT molecular complexity index is 1230. The maximum atomic E-state index is 11.6. The van der Waals surface area contributed by atoms with E-state index in [1.807, 2.05) is 59.5 Å². The molecule has 0 atom stereocenters. The van der Waals surface area contributed by atoms with Crippen molar-refractivity contribution in [2.75, 3.05) is 18.6 Å². The van der Waals surface area contributed by atoms with Crippen LogP contribution in [0.5, 0.6) is 11.5 Å². The number of ether oxygens (including phenoxy) is 2. The van der Waals surface area contributed by atoms with Gasteiger partial charge in [0, 0.05) is 54.7 Å². The molecule has 4 rings (SSSR count).